The Morgan fingerprint density at radius 3 is 2.27 bits per heavy atom. The van der Waals surface area contributed by atoms with E-state index in [4.69, 9.17) is 0 Å². The third kappa shape index (κ3) is 5.49. The lowest BCUT2D eigenvalue weighted by Gasteiger charge is -2.64. The Labute approximate surface area is 244 Å². The van der Waals surface area contributed by atoms with Gasteiger partial charge in [-0.25, -0.2) is 8.42 Å². The number of fused-ring (bicyclic) bond motifs is 5. The molecule has 0 saturated heterocycles. The van der Waals surface area contributed by atoms with Gasteiger partial charge in [0.15, 0.2) is 9.84 Å². The van der Waals surface area contributed by atoms with Crippen LogP contribution >= 0.6 is 0 Å². The summed E-state index contributed by atoms with van der Waals surface area (Å²) in [5, 5.41) is 22.1. The summed E-state index contributed by atoms with van der Waals surface area (Å²) in [6.45, 7) is 9.61. The van der Waals surface area contributed by atoms with Crippen LogP contribution in [0.2, 0.25) is 0 Å². The Morgan fingerprint density at radius 1 is 0.900 bits per heavy atom. The maximum atomic E-state index is 12.8. The van der Waals surface area contributed by atoms with Crippen molar-refractivity contribution in [2.45, 2.75) is 148 Å². The molecule has 0 bridgehead atoms. The van der Waals surface area contributed by atoms with Crippen LogP contribution in [0.5, 0.6) is 0 Å². The lowest BCUT2D eigenvalue weighted by atomic mass is 9.41. The van der Waals surface area contributed by atoms with Gasteiger partial charge in [0.2, 0.25) is 0 Å². The fraction of sp³-hybridized carbons (Fsp3) is 0.971. The van der Waals surface area contributed by atoms with Crippen LogP contribution in [0.25, 0.3) is 0 Å². The molecule has 0 aromatic heterocycles. The van der Waals surface area contributed by atoms with Gasteiger partial charge in [0.1, 0.15) is 11.5 Å². The van der Waals surface area contributed by atoms with E-state index < -0.39 is 9.84 Å². The molecule has 0 heterocycles. The van der Waals surface area contributed by atoms with Gasteiger partial charge >= 0.3 is 0 Å². The van der Waals surface area contributed by atoms with E-state index in [2.05, 4.69) is 27.7 Å². The SMILES string of the molecule is CC[C@H]1[C@@H](O)[C@@H]2[C@H](CC[C@]3(C)[C@@H]([C@H](C)CCCC(=O)CS(=O)(=O)C4CCCCC4)CC[C@@H]23)[C@@]2(C)CC[C@@H](O)C[C@@H]12. The summed E-state index contributed by atoms with van der Waals surface area (Å²) in [5.74, 6) is 2.94. The van der Waals surface area contributed by atoms with Crippen LogP contribution in [0.3, 0.4) is 0 Å². The van der Waals surface area contributed by atoms with Crippen molar-refractivity contribution in [3.8, 4) is 0 Å². The summed E-state index contributed by atoms with van der Waals surface area (Å²) in [5.41, 5.74) is 0.457. The number of sulfone groups is 1. The third-order valence-electron chi connectivity index (χ3n) is 13.7. The van der Waals surface area contributed by atoms with Crippen molar-refractivity contribution in [3.05, 3.63) is 0 Å². The van der Waals surface area contributed by atoms with Gasteiger partial charge in [0.25, 0.3) is 0 Å². The fourth-order valence-electron chi connectivity index (χ4n) is 11.6. The van der Waals surface area contributed by atoms with Gasteiger partial charge in [-0.1, -0.05) is 59.8 Å². The van der Waals surface area contributed by atoms with Crippen LogP contribution in [-0.2, 0) is 14.6 Å². The normalized spacial score (nSPS) is 44.9. The van der Waals surface area contributed by atoms with Gasteiger partial charge in [-0.2, -0.15) is 0 Å². The molecule has 0 aromatic carbocycles. The van der Waals surface area contributed by atoms with Crippen LogP contribution in [-0.4, -0.2) is 47.6 Å². The van der Waals surface area contributed by atoms with E-state index in [-0.39, 0.29) is 45.7 Å². The van der Waals surface area contributed by atoms with Crippen LogP contribution in [0.4, 0.5) is 0 Å². The average Bonchev–Trinajstić information content (AvgIpc) is 3.27. The summed E-state index contributed by atoms with van der Waals surface area (Å²) in [6.07, 6.45) is 14.9. The lowest BCUT2D eigenvalue weighted by Crippen LogP contribution is -2.62. The standard InChI is InChI=1S/C34H58O5S/c1-5-26-30-20-23(35)16-18-34(30,4)29-17-19-33(3)27(14-15-28(33)31(29)32(26)37)22(2)10-9-11-24(36)21-40(38,39)25-12-7-6-8-13-25/h22-23,25-32,35,37H,5-21H2,1-4H3/t22-,23-,26-,27-,28+,29+,30+,31+,32-,33-,34-/m1/s1. The van der Waals surface area contributed by atoms with E-state index in [0.717, 1.165) is 70.6 Å². The third-order valence-corrected chi connectivity index (χ3v) is 15.9. The maximum Gasteiger partial charge on any atom is 0.160 e. The van der Waals surface area contributed by atoms with E-state index in [1.54, 1.807) is 0 Å². The second-order valence-electron chi connectivity index (χ2n) is 15.6. The molecule has 0 radical (unpaired) electrons. The van der Waals surface area contributed by atoms with Crippen molar-refractivity contribution >= 4 is 15.6 Å². The molecule has 6 heteroatoms. The molecule has 40 heavy (non-hydrogen) atoms. The minimum absolute atomic E-state index is 0.0925. The Morgan fingerprint density at radius 2 is 1.57 bits per heavy atom. The Bertz CT molecular complexity index is 1000. The van der Waals surface area contributed by atoms with Gasteiger partial charge in [0, 0.05) is 6.42 Å². The summed E-state index contributed by atoms with van der Waals surface area (Å²) in [6, 6.07) is 0. The van der Waals surface area contributed by atoms with Crippen LogP contribution < -0.4 is 0 Å². The van der Waals surface area contributed by atoms with Gasteiger partial charge in [-0.3, -0.25) is 4.79 Å². The quantitative estimate of drug-likeness (QED) is 0.316. The molecule has 230 valence electrons. The zero-order chi connectivity index (χ0) is 28.9. The van der Waals surface area contributed by atoms with E-state index in [9.17, 15) is 23.4 Å². The molecule has 0 spiro atoms. The van der Waals surface area contributed by atoms with Gasteiger partial charge in [-0.15, -0.1) is 0 Å². The van der Waals surface area contributed by atoms with Crippen molar-refractivity contribution in [2.75, 3.05) is 5.75 Å². The first-order valence-electron chi connectivity index (χ1n) is 17.0. The second-order valence-corrected chi connectivity index (χ2v) is 17.9. The monoisotopic (exact) mass is 578 g/mol. The highest BCUT2D eigenvalue weighted by Crippen LogP contribution is 2.69. The van der Waals surface area contributed by atoms with Crippen LogP contribution in [0.1, 0.15) is 130 Å². The molecular formula is C34H58O5S. The molecule has 0 amide bonds. The molecule has 5 aliphatic rings. The van der Waals surface area contributed by atoms with Gasteiger partial charge in [-0.05, 0) is 116 Å². The Hall–Kier alpha value is -0.460. The molecule has 0 aromatic rings. The first-order valence-corrected chi connectivity index (χ1v) is 18.7. The molecule has 5 fully saturated rings. The summed E-state index contributed by atoms with van der Waals surface area (Å²) >= 11 is 0. The predicted octanol–water partition coefficient (Wildman–Crippen LogP) is 6.74. The number of carbonyl (C=O) groups is 1. The minimum atomic E-state index is -3.30. The van der Waals surface area contributed by atoms with Crippen LogP contribution in [0, 0.1) is 52.3 Å². The highest BCUT2D eigenvalue weighted by molar-refractivity contribution is 7.92. The fourth-order valence-corrected chi connectivity index (χ4v) is 13.5. The minimum Gasteiger partial charge on any atom is -0.393 e. The summed E-state index contributed by atoms with van der Waals surface area (Å²) in [4.78, 5) is 12.7. The molecule has 5 rings (SSSR count). The van der Waals surface area contributed by atoms with Crippen molar-refractivity contribution in [3.63, 3.8) is 0 Å². The highest BCUT2D eigenvalue weighted by atomic mass is 32.2. The number of aliphatic hydroxyl groups is 2. The first-order chi connectivity index (χ1) is 18.9. The lowest BCUT2D eigenvalue weighted by molar-refractivity contribution is -0.203. The smallest absolute Gasteiger partial charge is 0.160 e. The number of hydrogen-bond donors (Lipinski definition) is 2. The number of rotatable bonds is 9. The molecule has 0 aliphatic heterocycles. The van der Waals surface area contributed by atoms with Crippen molar-refractivity contribution in [2.24, 2.45) is 52.3 Å². The predicted molar refractivity (Wildman–Crippen MR) is 160 cm³/mol. The first kappa shape index (κ1) is 31.0. The number of aliphatic hydroxyl groups excluding tert-OH is 2. The van der Waals surface area contributed by atoms with E-state index in [1.807, 2.05) is 0 Å². The van der Waals surface area contributed by atoms with Crippen LogP contribution in [0.15, 0.2) is 0 Å². The molecular weight excluding hydrogens is 520 g/mol. The molecule has 5 saturated carbocycles. The molecule has 2 N–H and O–H groups in total. The van der Waals surface area contributed by atoms with Gasteiger partial charge < -0.3 is 10.2 Å². The molecule has 5 aliphatic carbocycles. The number of ketones is 1. The van der Waals surface area contributed by atoms with Gasteiger partial charge in [0.05, 0.1) is 17.5 Å². The number of Topliss-reactive ketones (excluding diaryl/α,β-unsaturated/α-hetero) is 1. The highest BCUT2D eigenvalue weighted by Gasteiger charge is 2.64. The van der Waals surface area contributed by atoms with Crippen molar-refractivity contribution in [1.82, 2.24) is 0 Å². The summed E-state index contributed by atoms with van der Waals surface area (Å²) < 4.78 is 25.5. The Kier molecular flexibility index (Phi) is 9.22. The molecule has 11 atom stereocenters. The number of hydrogen-bond acceptors (Lipinski definition) is 5. The van der Waals surface area contributed by atoms with E-state index >= 15 is 0 Å². The summed E-state index contributed by atoms with van der Waals surface area (Å²) in [7, 11) is -3.30. The Balaban J connectivity index is 1.21. The van der Waals surface area contributed by atoms with Crippen molar-refractivity contribution < 1.29 is 23.4 Å². The van der Waals surface area contributed by atoms with E-state index in [1.165, 1.54) is 25.7 Å². The molecule has 0 unspecified atom stereocenters. The van der Waals surface area contributed by atoms with Crippen molar-refractivity contribution in [1.29, 1.82) is 0 Å². The maximum absolute atomic E-state index is 12.8. The van der Waals surface area contributed by atoms with E-state index in [0.29, 0.717) is 41.9 Å². The topological polar surface area (TPSA) is 91.7 Å². The second kappa shape index (κ2) is 11.9. The average molecular weight is 579 g/mol. The molecule has 5 nitrogen and oxygen atoms in total. The zero-order valence-electron chi connectivity index (χ0n) is 25.8. The number of carbonyl (C=O) groups excluding carboxylic acids is 1. The zero-order valence-corrected chi connectivity index (χ0v) is 26.6. The largest absolute Gasteiger partial charge is 0.393 e.